The Hall–Kier alpha value is -2.88. The van der Waals surface area contributed by atoms with E-state index in [0.29, 0.717) is 28.0 Å². The highest BCUT2D eigenvalue weighted by atomic mass is 32.2. The number of amides is 1. The summed E-state index contributed by atoms with van der Waals surface area (Å²) in [6, 6.07) is 5.13. The van der Waals surface area contributed by atoms with Crippen LogP contribution >= 0.6 is 0 Å². The van der Waals surface area contributed by atoms with Gasteiger partial charge in [0.2, 0.25) is 11.8 Å². The Morgan fingerprint density at radius 3 is 2.31 bits per heavy atom. The van der Waals surface area contributed by atoms with Crippen LogP contribution in [0, 0.1) is 13.8 Å². The second kappa shape index (κ2) is 9.53. The highest BCUT2D eigenvalue weighted by Gasteiger charge is 2.45. The fourth-order valence-corrected chi connectivity index (χ4v) is 6.91. The van der Waals surface area contributed by atoms with Gasteiger partial charge in [-0.1, -0.05) is 0 Å². The van der Waals surface area contributed by atoms with Gasteiger partial charge in [0.15, 0.2) is 9.84 Å². The number of aromatic nitrogens is 2. The second-order valence-corrected chi connectivity index (χ2v) is 12.5. The zero-order chi connectivity index (χ0) is 25.6. The van der Waals surface area contributed by atoms with Crippen molar-refractivity contribution in [1.82, 2.24) is 14.9 Å². The van der Waals surface area contributed by atoms with Gasteiger partial charge < -0.3 is 19.1 Å². The van der Waals surface area contributed by atoms with Gasteiger partial charge in [-0.25, -0.2) is 23.2 Å². The second-order valence-electron chi connectivity index (χ2n) is 10.3. The minimum atomic E-state index is -3.26. The Kier molecular flexibility index (Phi) is 6.57. The van der Waals surface area contributed by atoms with Crippen molar-refractivity contribution in [1.29, 1.82) is 0 Å². The lowest BCUT2D eigenvalue weighted by molar-refractivity contribution is 0.0206. The fourth-order valence-electron chi connectivity index (χ4n) is 5.17. The van der Waals surface area contributed by atoms with Crippen LogP contribution in [-0.4, -0.2) is 58.9 Å². The largest absolute Gasteiger partial charge is 0.474 e. The molecule has 0 N–H and O–H groups in total. The summed E-state index contributed by atoms with van der Waals surface area (Å²) in [5.41, 5.74) is 1.38. The van der Waals surface area contributed by atoms with Gasteiger partial charge in [-0.2, -0.15) is 0 Å². The van der Waals surface area contributed by atoms with Crippen molar-refractivity contribution in [3.8, 4) is 17.5 Å². The minimum absolute atomic E-state index is 0.0688. The minimum Gasteiger partial charge on any atom is -0.474 e. The first-order chi connectivity index (χ1) is 17.1. The molecule has 1 unspecified atom stereocenters. The van der Waals surface area contributed by atoms with Crippen molar-refractivity contribution in [2.24, 2.45) is 0 Å². The summed E-state index contributed by atoms with van der Waals surface area (Å²) in [7, 11) is -3.26. The Morgan fingerprint density at radius 1 is 1.03 bits per heavy atom. The van der Waals surface area contributed by atoms with Crippen LogP contribution in [0.3, 0.4) is 0 Å². The van der Waals surface area contributed by atoms with Crippen LogP contribution in [0.2, 0.25) is 0 Å². The first-order valence-corrected chi connectivity index (χ1v) is 14.2. The summed E-state index contributed by atoms with van der Waals surface area (Å²) in [6.07, 6.45) is 5.74. The Labute approximate surface area is 212 Å². The number of piperidine rings is 1. The Bertz CT molecular complexity index is 1250. The SMILES string of the molecule is Cc1cc(S(=O)(=O)C2CC2)ccc1Oc1ncnc(O[C@H]2CC3CC[C@@H](C2)N3C(=O)OC(C)C)c1C. The van der Waals surface area contributed by atoms with E-state index < -0.39 is 9.84 Å². The Morgan fingerprint density at radius 2 is 1.69 bits per heavy atom. The van der Waals surface area contributed by atoms with Gasteiger partial charge in [-0.15, -0.1) is 0 Å². The zero-order valence-electron chi connectivity index (χ0n) is 21.1. The normalized spacial score (nSPS) is 23.6. The van der Waals surface area contributed by atoms with Crippen molar-refractivity contribution in [2.45, 2.75) is 101 Å². The third-order valence-electron chi connectivity index (χ3n) is 7.15. The molecular formula is C26H33N3O6S. The molecule has 1 aromatic carbocycles. The number of nitrogens with zero attached hydrogens (tertiary/aromatic N) is 3. The third-order valence-corrected chi connectivity index (χ3v) is 9.41. The van der Waals surface area contributed by atoms with Crippen LogP contribution in [0.1, 0.15) is 63.5 Å². The van der Waals surface area contributed by atoms with Crippen molar-refractivity contribution in [3.05, 3.63) is 35.7 Å². The number of rotatable bonds is 7. The maximum absolute atomic E-state index is 12.6. The summed E-state index contributed by atoms with van der Waals surface area (Å²) in [4.78, 5) is 23.4. The molecule has 194 valence electrons. The van der Waals surface area contributed by atoms with Crippen molar-refractivity contribution < 1.29 is 27.4 Å². The molecule has 3 aliphatic rings. The molecule has 5 rings (SSSR count). The van der Waals surface area contributed by atoms with Crippen LogP contribution in [-0.2, 0) is 14.6 Å². The summed E-state index contributed by atoms with van der Waals surface area (Å²) in [5.74, 6) is 1.35. The molecule has 0 spiro atoms. The summed E-state index contributed by atoms with van der Waals surface area (Å²) >= 11 is 0. The molecule has 2 saturated heterocycles. The van der Waals surface area contributed by atoms with E-state index in [1.54, 1.807) is 18.2 Å². The summed E-state index contributed by atoms with van der Waals surface area (Å²) in [6.45, 7) is 7.39. The maximum atomic E-state index is 12.6. The van der Waals surface area contributed by atoms with E-state index in [4.69, 9.17) is 14.2 Å². The number of ether oxygens (including phenoxy) is 3. The highest BCUT2D eigenvalue weighted by molar-refractivity contribution is 7.92. The van der Waals surface area contributed by atoms with E-state index in [1.807, 2.05) is 32.6 Å². The number of fused-ring (bicyclic) bond motifs is 2. The van der Waals surface area contributed by atoms with Gasteiger partial charge in [0.05, 0.1) is 21.8 Å². The molecule has 10 heteroatoms. The molecule has 0 radical (unpaired) electrons. The monoisotopic (exact) mass is 515 g/mol. The van der Waals surface area contributed by atoms with E-state index in [2.05, 4.69) is 9.97 Å². The number of sulfone groups is 1. The number of aryl methyl sites for hydroxylation is 1. The zero-order valence-corrected chi connectivity index (χ0v) is 22.0. The molecule has 1 saturated carbocycles. The lowest BCUT2D eigenvalue weighted by atomic mass is 10.0. The molecule has 2 bridgehead atoms. The van der Waals surface area contributed by atoms with Crippen molar-refractivity contribution >= 4 is 15.9 Å². The molecular weight excluding hydrogens is 482 g/mol. The molecule has 2 aromatic rings. The van der Waals surface area contributed by atoms with Crippen LogP contribution in [0.15, 0.2) is 29.4 Å². The first kappa shape index (κ1) is 24.8. The molecule has 9 nitrogen and oxygen atoms in total. The van der Waals surface area contributed by atoms with Gasteiger partial charge in [0, 0.05) is 24.9 Å². The average Bonchev–Trinajstić information content (AvgIpc) is 3.63. The fraction of sp³-hybridized carbons (Fsp3) is 0.577. The lowest BCUT2D eigenvalue weighted by Gasteiger charge is -2.38. The molecule has 2 aliphatic heterocycles. The smallest absolute Gasteiger partial charge is 0.410 e. The molecule has 1 amide bonds. The molecule has 3 atom stereocenters. The van der Waals surface area contributed by atoms with E-state index in [-0.39, 0.29) is 35.6 Å². The van der Waals surface area contributed by atoms with E-state index >= 15 is 0 Å². The van der Waals surface area contributed by atoms with Crippen LogP contribution < -0.4 is 9.47 Å². The standard InChI is InChI=1S/C26H33N3O6S/c1-15(2)33-26(30)29-18-5-6-19(29)13-20(12-18)34-24-17(4)25(28-14-27-24)35-23-10-9-22(11-16(23)3)36(31,32)21-7-8-21/h9-11,14-15,18-21H,5-8,12-13H2,1-4H3/t18-,19?,20+/m0/s1. The number of hydrogen-bond donors (Lipinski definition) is 0. The Balaban J connectivity index is 1.27. The van der Waals surface area contributed by atoms with E-state index in [9.17, 15) is 13.2 Å². The number of carbonyl (C=O) groups is 1. The predicted octanol–water partition coefficient (Wildman–Crippen LogP) is 4.74. The predicted molar refractivity (Wildman–Crippen MR) is 132 cm³/mol. The molecule has 1 aromatic heterocycles. The lowest BCUT2D eigenvalue weighted by Crippen LogP contribution is -2.50. The van der Waals surface area contributed by atoms with Gasteiger partial charge in [0.25, 0.3) is 0 Å². The molecule has 3 fully saturated rings. The summed E-state index contributed by atoms with van der Waals surface area (Å²) in [5, 5.41) is -0.254. The van der Waals surface area contributed by atoms with Crippen molar-refractivity contribution in [3.63, 3.8) is 0 Å². The number of hydrogen-bond acceptors (Lipinski definition) is 8. The quantitative estimate of drug-likeness (QED) is 0.520. The number of benzene rings is 1. The summed E-state index contributed by atoms with van der Waals surface area (Å²) < 4.78 is 42.9. The number of carbonyl (C=O) groups excluding carboxylic acids is 1. The third kappa shape index (κ3) is 4.87. The first-order valence-electron chi connectivity index (χ1n) is 12.6. The van der Waals surface area contributed by atoms with Crippen LogP contribution in [0.25, 0.3) is 0 Å². The maximum Gasteiger partial charge on any atom is 0.410 e. The average molecular weight is 516 g/mol. The van der Waals surface area contributed by atoms with Gasteiger partial charge in [-0.3, -0.25) is 0 Å². The highest BCUT2D eigenvalue weighted by Crippen LogP contribution is 2.39. The molecule has 1 aliphatic carbocycles. The van der Waals surface area contributed by atoms with Gasteiger partial charge in [-0.05, 0) is 77.1 Å². The topological polar surface area (TPSA) is 108 Å². The van der Waals surface area contributed by atoms with Crippen molar-refractivity contribution in [2.75, 3.05) is 0 Å². The van der Waals surface area contributed by atoms with E-state index in [0.717, 1.165) is 44.1 Å². The van der Waals surface area contributed by atoms with Crippen LogP contribution in [0.4, 0.5) is 4.79 Å². The van der Waals surface area contributed by atoms with Gasteiger partial charge in [0.1, 0.15) is 18.2 Å². The van der Waals surface area contributed by atoms with Gasteiger partial charge >= 0.3 is 6.09 Å². The molecule has 36 heavy (non-hydrogen) atoms. The van der Waals surface area contributed by atoms with Crippen LogP contribution in [0.5, 0.6) is 17.5 Å². The van der Waals surface area contributed by atoms with E-state index in [1.165, 1.54) is 6.33 Å². The molecule has 3 heterocycles.